The molecule has 0 aliphatic heterocycles. The molecular formula is C30H26ClN3O6. The lowest BCUT2D eigenvalue weighted by molar-refractivity contribution is -0.119. The van der Waals surface area contributed by atoms with E-state index in [2.05, 4.69) is 10.6 Å². The van der Waals surface area contributed by atoms with Crippen LogP contribution in [0.2, 0.25) is 5.02 Å². The SMILES string of the molecule is COc1cn([C@@H](Cc2ccccc2)C(=O)Nc2ccc(NC(=O)O)cc2)c(=O)cc1-c1cc(Cl)ccc1C(C)=O. The highest BCUT2D eigenvalue weighted by molar-refractivity contribution is 6.31. The highest BCUT2D eigenvalue weighted by Crippen LogP contribution is 2.34. The Hall–Kier alpha value is -4.89. The normalized spacial score (nSPS) is 11.4. The monoisotopic (exact) mass is 559 g/mol. The van der Waals surface area contributed by atoms with Crippen LogP contribution in [0.4, 0.5) is 16.2 Å². The van der Waals surface area contributed by atoms with Crippen LogP contribution in [0.25, 0.3) is 11.1 Å². The summed E-state index contributed by atoms with van der Waals surface area (Å²) in [7, 11) is 1.44. The van der Waals surface area contributed by atoms with E-state index in [-0.39, 0.29) is 18.0 Å². The zero-order chi connectivity index (χ0) is 28.8. The summed E-state index contributed by atoms with van der Waals surface area (Å²) < 4.78 is 6.91. The van der Waals surface area contributed by atoms with Crippen LogP contribution in [0.3, 0.4) is 0 Å². The van der Waals surface area contributed by atoms with Gasteiger partial charge in [-0.15, -0.1) is 0 Å². The fourth-order valence-electron chi connectivity index (χ4n) is 4.33. The summed E-state index contributed by atoms with van der Waals surface area (Å²) in [6, 6.07) is 20.5. The second-order valence-corrected chi connectivity index (χ2v) is 9.39. The summed E-state index contributed by atoms with van der Waals surface area (Å²) in [6.45, 7) is 1.42. The quantitative estimate of drug-likeness (QED) is 0.219. The number of nitrogens with one attached hydrogen (secondary N) is 2. The zero-order valence-electron chi connectivity index (χ0n) is 21.7. The second-order valence-electron chi connectivity index (χ2n) is 8.95. The molecule has 0 aliphatic rings. The maximum atomic E-state index is 13.6. The van der Waals surface area contributed by atoms with Crippen molar-refractivity contribution in [3.63, 3.8) is 0 Å². The number of rotatable bonds is 9. The number of hydrogen-bond acceptors (Lipinski definition) is 5. The molecule has 204 valence electrons. The molecule has 0 saturated carbocycles. The van der Waals surface area contributed by atoms with E-state index >= 15 is 0 Å². The summed E-state index contributed by atoms with van der Waals surface area (Å²) >= 11 is 6.21. The number of anilines is 2. The number of aromatic nitrogens is 1. The van der Waals surface area contributed by atoms with Crippen molar-refractivity contribution in [3.8, 4) is 16.9 Å². The number of hydrogen-bond donors (Lipinski definition) is 3. The Morgan fingerprint density at radius 3 is 2.17 bits per heavy atom. The molecule has 1 aromatic heterocycles. The summed E-state index contributed by atoms with van der Waals surface area (Å²) in [5, 5.41) is 14.3. The molecule has 0 saturated heterocycles. The van der Waals surface area contributed by atoms with Gasteiger partial charge in [-0.2, -0.15) is 0 Å². The van der Waals surface area contributed by atoms with Gasteiger partial charge in [0, 0.05) is 40.0 Å². The number of ether oxygens (including phenoxy) is 1. The molecule has 40 heavy (non-hydrogen) atoms. The Kier molecular flexibility index (Phi) is 8.66. The maximum absolute atomic E-state index is 13.6. The number of carbonyl (C=O) groups excluding carboxylic acids is 2. The molecule has 10 heteroatoms. The average Bonchev–Trinajstić information content (AvgIpc) is 2.93. The van der Waals surface area contributed by atoms with Crippen LogP contribution in [0, 0.1) is 0 Å². The first kappa shape index (κ1) is 28.1. The van der Waals surface area contributed by atoms with Gasteiger partial charge in [0.25, 0.3) is 5.56 Å². The molecule has 1 heterocycles. The smallest absolute Gasteiger partial charge is 0.409 e. The summed E-state index contributed by atoms with van der Waals surface area (Å²) in [5.74, 6) is -0.394. The van der Waals surface area contributed by atoms with Crippen LogP contribution in [0.15, 0.2) is 89.9 Å². The number of methoxy groups -OCH3 is 1. The van der Waals surface area contributed by atoms with Crippen molar-refractivity contribution in [2.45, 2.75) is 19.4 Å². The number of halogens is 1. The molecule has 9 nitrogen and oxygen atoms in total. The van der Waals surface area contributed by atoms with Gasteiger partial charge in [-0.05, 0) is 60.5 Å². The van der Waals surface area contributed by atoms with Crippen LogP contribution in [-0.4, -0.2) is 34.6 Å². The lowest BCUT2D eigenvalue weighted by atomic mass is 9.97. The lowest BCUT2D eigenvalue weighted by Crippen LogP contribution is -2.34. The lowest BCUT2D eigenvalue weighted by Gasteiger charge is -2.22. The van der Waals surface area contributed by atoms with Crippen LogP contribution in [0.5, 0.6) is 5.75 Å². The fraction of sp³-hybridized carbons (Fsp3) is 0.133. The molecule has 0 fully saturated rings. The summed E-state index contributed by atoms with van der Waals surface area (Å²) in [5.41, 5.74) is 2.29. The number of Topliss-reactive ketones (excluding diaryl/α,β-unsaturated/α-hetero) is 1. The van der Waals surface area contributed by atoms with Gasteiger partial charge in [-0.3, -0.25) is 24.3 Å². The predicted molar refractivity (Wildman–Crippen MR) is 154 cm³/mol. The van der Waals surface area contributed by atoms with E-state index in [1.807, 2.05) is 30.3 Å². The third kappa shape index (κ3) is 6.57. The van der Waals surface area contributed by atoms with Crippen LogP contribution >= 0.6 is 11.6 Å². The molecule has 3 aromatic carbocycles. The van der Waals surface area contributed by atoms with E-state index < -0.39 is 23.6 Å². The zero-order valence-corrected chi connectivity index (χ0v) is 22.4. The van der Waals surface area contributed by atoms with Gasteiger partial charge in [-0.1, -0.05) is 41.9 Å². The Labute approximate surface area is 235 Å². The number of nitrogens with zero attached hydrogens (tertiary/aromatic N) is 1. The van der Waals surface area contributed by atoms with E-state index in [0.29, 0.717) is 33.1 Å². The average molecular weight is 560 g/mol. The van der Waals surface area contributed by atoms with E-state index in [1.54, 1.807) is 30.3 Å². The number of ketones is 1. The van der Waals surface area contributed by atoms with Crippen LogP contribution in [0.1, 0.15) is 28.9 Å². The summed E-state index contributed by atoms with van der Waals surface area (Å²) in [6.07, 6.45) is 0.448. The minimum atomic E-state index is -1.20. The Balaban J connectivity index is 1.76. The molecule has 0 spiro atoms. The minimum absolute atomic E-state index is 0.198. The van der Waals surface area contributed by atoms with Crippen molar-refractivity contribution >= 4 is 40.8 Å². The highest BCUT2D eigenvalue weighted by Gasteiger charge is 2.25. The standard InChI is InChI=1S/C30H26ClN3O6/c1-18(35)23-13-8-20(31)15-24(23)25-16-28(36)34(17-27(25)40-2)26(14-19-6-4-3-5-7-19)29(37)32-21-9-11-22(12-10-21)33-30(38)39/h3-13,15-17,26,33H,14H2,1-2H3,(H,32,37)(H,38,39)/t26-/m0/s1. The van der Waals surface area contributed by atoms with Gasteiger partial charge in [-0.25, -0.2) is 4.79 Å². The molecule has 3 N–H and O–H groups in total. The topological polar surface area (TPSA) is 127 Å². The van der Waals surface area contributed by atoms with Gasteiger partial charge in [0.1, 0.15) is 11.8 Å². The largest absolute Gasteiger partial charge is 0.495 e. The van der Waals surface area contributed by atoms with Crippen LogP contribution in [-0.2, 0) is 11.2 Å². The van der Waals surface area contributed by atoms with E-state index in [4.69, 9.17) is 21.4 Å². The molecule has 0 aliphatic carbocycles. The van der Waals surface area contributed by atoms with E-state index in [1.165, 1.54) is 43.0 Å². The molecule has 2 amide bonds. The number of pyridine rings is 1. The maximum Gasteiger partial charge on any atom is 0.409 e. The van der Waals surface area contributed by atoms with Gasteiger partial charge in [0.05, 0.1) is 13.3 Å². The first-order chi connectivity index (χ1) is 19.2. The highest BCUT2D eigenvalue weighted by atomic mass is 35.5. The van der Waals surface area contributed by atoms with Crippen molar-refractivity contribution < 1.29 is 24.2 Å². The van der Waals surface area contributed by atoms with Crippen molar-refractivity contribution in [1.82, 2.24) is 4.57 Å². The van der Waals surface area contributed by atoms with Crippen molar-refractivity contribution in [2.24, 2.45) is 0 Å². The number of benzene rings is 3. The number of amides is 2. The van der Waals surface area contributed by atoms with Crippen LogP contribution < -0.4 is 20.9 Å². The molecule has 0 radical (unpaired) electrons. The summed E-state index contributed by atoms with van der Waals surface area (Å²) in [4.78, 5) is 50.3. The third-order valence-electron chi connectivity index (χ3n) is 6.23. The van der Waals surface area contributed by atoms with E-state index in [9.17, 15) is 19.2 Å². The second kappa shape index (κ2) is 12.3. The fourth-order valence-corrected chi connectivity index (χ4v) is 4.50. The predicted octanol–water partition coefficient (Wildman–Crippen LogP) is 5.89. The Morgan fingerprint density at radius 1 is 0.925 bits per heavy atom. The molecular weight excluding hydrogens is 534 g/mol. The minimum Gasteiger partial charge on any atom is -0.495 e. The van der Waals surface area contributed by atoms with Crippen molar-refractivity contribution in [1.29, 1.82) is 0 Å². The molecule has 4 aromatic rings. The van der Waals surface area contributed by atoms with Gasteiger partial charge < -0.3 is 15.2 Å². The van der Waals surface area contributed by atoms with Gasteiger partial charge in [0.15, 0.2) is 5.78 Å². The Morgan fingerprint density at radius 2 is 1.57 bits per heavy atom. The molecule has 4 rings (SSSR count). The van der Waals surface area contributed by atoms with Crippen molar-refractivity contribution in [2.75, 3.05) is 17.7 Å². The third-order valence-corrected chi connectivity index (χ3v) is 6.46. The Bertz CT molecular complexity index is 1620. The number of carbonyl (C=O) groups is 3. The van der Waals surface area contributed by atoms with Crippen molar-refractivity contribution in [3.05, 3.63) is 112 Å². The first-order valence-electron chi connectivity index (χ1n) is 12.2. The molecule has 1 atom stereocenters. The first-order valence-corrected chi connectivity index (χ1v) is 12.6. The molecule has 0 unspecified atom stereocenters. The van der Waals surface area contributed by atoms with Gasteiger partial charge in [0.2, 0.25) is 5.91 Å². The van der Waals surface area contributed by atoms with E-state index in [0.717, 1.165) is 5.56 Å². The van der Waals surface area contributed by atoms with Gasteiger partial charge >= 0.3 is 6.09 Å². The number of carboxylic acid groups (broad SMARTS) is 1. The molecule has 0 bridgehead atoms.